The van der Waals surface area contributed by atoms with Crippen molar-refractivity contribution in [1.29, 1.82) is 0 Å². The maximum Gasteiger partial charge on any atom is 0.170 e. The molecule has 3 aromatic carbocycles. The van der Waals surface area contributed by atoms with Crippen LogP contribution in [0, 0.1) is 5.92 Å². The Kier molecular flexibility index (Phi) is 6.19. The lowest BCUT2D eigenvalue weighted by molar-refractivity contribution is 0.160. The third-order valence-corrected chi connectivity index (χ3v) is 6.14. The van der Waals surface area contributed by atoms with E-state index in [1.54, 1.807) is 0 Å². The first-order valence-electron chi connectivity index (χ1n) is 11.4. The fourth-order valence-electron chi connectivity index (χ4n) is 4.29. The monoisotopic (exact) mass is 414 g/mol. The summed E-state index contributed by atoms with van der Waals surface area (Å²) in [5.41, 5.74) is 1.32. The quantitative estimate of drug-likeness (QED) is 0.489. The summed E-state index contributed by atoms with van der Waals surface area (Å²) in [7, 11) is 0. The van der Waals surface area contributed by atoms with Crippen molar-refractivity contribution in [2.24, 2.45) is 5.92 Å². The summed E-state index contributed by atoms with van der Waals surface area (Å²) in [5.74, 6) is 4.00. The molecular weight excluding hydrogens is 384 g/mol. The van der Waals surface area contributed by atoms with Crippen molar-refractivity contribution in [3.05, 3.63) is 84.4 Å². The van der Waals surface area contributed by atoms with Gasteiger partial charge in [-0.05, 0) is 54.3 Å². The van der Waals surface area contributed by atoms with Crippen molar-refractivity contribution in [2.45, 2.75) is 25.3 Å². The number of para-hydroxylation sites is 2. The molecule has 1 saturated carbocycles. The molecule has 5 rings (SSSR count). The molecule has 0 aromatic heterocycles. The van der Waals surface area contributed by atoms with E-state index in [9.17, 15) is 0 Å². The Bertz CT molecular complexity index is 967. The molecule has 0 bridgehead atoms. The SMILES string of the molecule is c1ccc(Oc2ccc([C@@H](CC3CC3)N3CCNCC3)cc2Oc2ccccc2)cc1. The van der Waals surface area contributed by atoms with Crippen molar-refractivity contribution in [1.82, 2.24) is 10.2 Å². The van der Waals surface area contributed by atoms with Crippen molar-refractivity contribution < 1.29 is 9.47 Å². The van der Waals surface area contributed by atoms with E-state index in [4.69, 9.17) is 9.47 Å². The summed E-state index contributed by atoms with van der Waals surface area (Å²) in [6, 6.07) is 26.8. The molecule has 0 spiro atoms. The molecule has 160 valence electrons. The normalized spacial score (nSPS) is 17.8. The highest BCUT2D eigenvalue weighted by molar-refractivity contribution is 5.48. The predicted molar refractivity (Wildman–Crippen MR) is 124 cm³/mol. The highest BCUT2D eigenvalue weighted by Crippen LogP contribution is 2.43. The molecule has 1 aliphatic carbocycles. The van der Waals surface area contributed by atoms with Gasteiger partial charge in [0, 0.05) is 32.2 Å². The minimum Gasteiger partial charge on any atom is -0.453 e. The van der Waals surface area contributed by atoms with Crippen molar-refractivity contribution in [3.8, 4) is 23.0 Å². The van der Waals surface area contributed by atoms with Crippen LogP contribution in [-0.2, 0) is 0 Å². The van der Waals surface area contributed by atoms with E-state index in [2.05, 4.69) is 28.4 Å². The highest BCUT2D eigenvalue weighted by Gasteiger charge is 2.31. The van der Waals surface area contributed by atoms with E-state index in [0.29, 0.717) is 6.04 Å². The van der Waals surface area contributed by atoms with Crippen LogP contribution in [-0.4, -0.2) is 31.1 Å². The van der Waals surface area contributed by atoms with Gasteiger partial charge in [-0.15, -0.1) is 0 Å². The number of hydrogen-bond acceptors (Lipinski definition) is 4. The second-order valence-electron chi connectivity index (χ2n) is 8.52. The zero-order valence-electron chi connectivity index (χ0n) is 17.9. The zero-order valence-corrected chi connectivity index (χ0v) is 17.9. The van der Waals surface area contributed by atoms with Crippen LogP contribution in [0.25, 0.3) is 0 Å². The Morgan fingerprint density at radius 1 is 0.774 bits per heavy atom. The summed E-state index contributed by atoms with van der Waals surface area (Å²) in [6.45, 7) is 4.30. The van der Waals surface area contributed by atoms with Gasteiger partial charge in [0.05, 0.1) is 0 Å². The molecule has 1 heterocycles. The van der Waals surface area contributed by atoms with Crippen molar-refractivity contribution in [3.63, 3.8) is 0 Å². The summed E-state index contributed by atoms with van der Waals surface area (Å²) < 4.78 is 12.5. The number of nitrogens with zero attached hydrogens (tertiary/aromatic N) is 1. The fourth-order valence-corrected chi connectivity index (χ4v) is 4.29. The van der Waals surface area contributed by atoms with Gasteiger partial charge in [-0.25, -0.2) is 0 Å². The molecule has 4 heteroatoms. The third-order valence-electron chi connectivity index (χ3n) is 6.14. The molecule has 31 heavy (non-hydrogen) atoms. The molecule has 1 saturated heterocycles. The van der Waals surface area contributed by atoms with Crippen molar-refractivity contribution in [2.75, 3.05) is 26.2 Å². The molecule has 0 amide bonds. The lowest BCUT2D eigenvalue weighted by Gasteiger charge is -2.35. The third kappa shape index (κ3) is 5.27. The Hall–Kier alpha value is -2.82. The molecule has 0 unspecified atom stereocenters. The van der Waals surface area contributed by atoms with Gasteiger partial charge < -0.3 is 14.8 Å². The average Bonchev–Trinajstić information content (AvgIpc) is 3.65. The number of hydrogen-bond donors (Lipinski definition) is 1. The van der Waals surface area contributed by atoms with E-state index < -0.39 is 0 Å². The molecule has 3 aromatic rings. The van der Waals surface area contributed by atoms with E-state index in [0.717, 1.165) is 55.1 Å². The van der Waals surface area contributed by atoms with Crippen LogP contribution in [0.3, 0.4) is 0 Å². The Morgan fingerprint density at radius 2 is 1.39 bits per heavy atom. The van der Waals surface area contributed by atoms with E-state index in [1.807, 2.05) is 60.7 Å². The van der Waals surface area contributed by atoms with E-state index >= 15 is 0 Å². The van der Waals surface area contributed by atoms with Crippen LogP contribution < -0.4 is 14.8 Å². The van der Waals surface area contributed by atoms with Gasteiger partial charge >= 0.3 is 0 Å². The smallest absolute Gasteiger partial charge is 0.170 e. The molecule has 0 radical (unpaired) electrons. The molecule has 2 aliphatic rings. The summed E-state index contributed by atoms with van der Waals surface area (Å²) in [4.78, 5) is 2.63. The Balaban J connectivity index is 1.47. The van der Waals surface area contributed by atoms with Crippen molar-refractivity contribution >= 4 is 0 Å². The van der Waals surface area contributed by atoms with Crippen LogP contribution in [0.5, 0.6) is 23.0 Å². The lowest BCUT2D eigenvalue weighted by Crippen LogP contribution is -2.45. The number of ether oxygens (including phenoxy) is 2. The Morgan fingerprint density at radius 3 is 2.00 bits per heavy atom. The second kappa shape index (κ2) is 9.54. The molecular formula is C27H30N2O2. The minimum absolute atomic E-state index is 0.429. The number of piperazine rings is 1. The van der Waals surface area contributed by atoms with E-state index in [1.165, 1.54) is 24.8 Å². The van der Waals surface area contributed by atoms with Crippen LogP contribution >= 0.6 is 0 Å². The zero-order chi connectivity index (χ0) is 20.9. The molecule has 1 aliphatic heterocycles. The van der Waals surface area contributed by atoms with Gasteiger partial charge in [-0.3, -0.25) is 4.90 Å². The predicted octanol–water partition coefficient (Wildman–Crippen LogP) is 6.02. The maximum absolute atomic E-state index is 6.32. The molecule has 1 atom stereocenters. The number of nitrogens with one attached hydrogen (secondary N) is 1. The molecule has 2 fully saturated rings. The van der Waals surface area contributed by atoms with Crippen LogP contribution in [0.15, 0.2) is 78.9 Å². The second-order valence-corrected chi connectivity index (χ2v) is 8.52. The van der Waals surface area contributed by atoms with Gasteiger partial charge in [-0.2, -0.15) is 0 Å². The summed E-state index contributed by atoms with van der Waals surface area (Å²) >= 11 is 0. The molecule has 1 N–H and O–H groups in total. The summed E-state index contributed by atoms with van der Waals surface area (Å²) in [6.07, 6.45) is 3.96. The van der Waals surface area contributed by atoms with Crippen LogP contribution in [0.1, 0.15) is 30.9 Å². The fraction of sp³-hybridized carbons (Fsp3) is 0.333. The van der Waals surface area contributed by atoms with Gasteiger partial charge in [0.1, 0.15) is 11.5 Å². The van der Waals surface area contributed by atoms with Crippen LogP contribution in [0.2, 0.25) is 0 Å². The van der Waals surface area contributed by atoms with Gasteiger partial charge in [0.15, 0.2) is 11.5 Å². The highest BCUT2D eigenvalue weighted by atomic mass is 16.5. The number of benzene rings is 3. The Labute approximate surface area is 184 Å². The minimum atomic E-state index is 0.429. The first-order valence-corrected chi connectivity index (χ1v) is 11.4. The number of rotatable bonds is 8. The van der Waals surface area contributed by atoms with Gasteiger partial charge in [0.2, 0.25) is 0 Å². The summed E-state index contributed by atoms with van der Waals surface area (Å²) in [5, 5.41) is 3.48. The van der Waals surface area contributed by atoms with E-state index in [-0.39, 0.29) is 0 Å². The lowest BCUT2D eigenvalue weighted by atomic mass is 9.98. The largest absolute Gasteiger partial charge is 0.453 e. The van der Waals surface area contributed by atoms with Gasteiger partial charge in [0.25, 0.3) is 0 Å². The first-order chi connectivity index (χ1) is 15.3. The first kappa shape index (κ1) is 20.1. The van der Waals surface area contributed by atoms with Gasteiger partial charge in [-0.1, -0.05) is 55.3 Å². The molecule has 4 nitrogen and oxygen atoms in total. The topological polar surface area (TPSA) is 33.7 Å². The standard InChI is InChI=1S/C27H30N2O2/c1-3-7-23(8-4-1)30-26-14-13-22(20-27(26)31-24-9-5-2-6-10-24)25(19-21-11-12-21)29-17-15-28-16-18-29/h1-10,13-14,20-21,25,28H,11-12,15-19H2/t25-/m1/s1. The maximum atomic E-state index is 6.32. The average molecular weight is 415 g/mol. The van der Waals surface area contributed by atoms with Crippen LogP contribution in [0.4, 0.5) is 0 Å².